The Morgan fingerprint density at radius 3 is 2.60 bits per heavy atom. The lowest BCUT2D eigenvalue weighted by Crippen LogP contribution is -2.02. The quantitative estimate of drug-likeness (QED) is 0.682. The molecule has 0 unspecified atom stereocenters. The summed E-state index contributed by atoms with van der Waals surface area (Å²) < 4.78 is 26.0. The van der Waals surface area contributed by atoms with Gasteiger partial charge >= 0.3 is 5.69 Å². The average molecular weight is 299 g/mol. The largest absolute Gasteiger partial charge is 0.381 e. The van der Waals surface area contributed by atoms with Crippen LogP contribution in [0.1, 0.15) is 5.56 Å². The van der Waals surface area contributed by atoms with E-state index in [1.54, 1.807) is 0 Å². The van der Waals surface area contributed by atoms with Crippen molar-refractivity contribution in [2.75, 3.05) is 5.32 Å². The van der Waals surface area contributed by atoms with Crippen molar-refractivity contribution in [2.45, 2.75) is 6.54 Å². The van der Waals surface area contributed by atoms with Gasteiger partial charge in [0.15, 0.2) is 0 Å². The van der Waals surface area contributed by atoms with Crippen molar-refractivity contribution >= 4 is 23.0 Å². The summed E-state index contributed by atoms with van der Waals surface area (Å²) in [7, 11) is 0. The van der Waals surface area contributed by atoms with Gasteiger partial charge in [-0.15, -0.1) is 0 Å². The van der Waals surface area contributed by atoms with Gasteiger partial charge in [0.2, 0.25) is 5.82 Å². The highest BCUT2D eigenvalue weighted by molar-refractivity contribution is 6.31. The molecular weight excluding hydrogens is 290 g/mol. The second-order valence-corrected chi connectivity index (χ2v) is 4.42. The van der Waals surface area contributed by atoms with Crippen molar-refractivity contribution in [3.05, 3.63) is 68.7 Å². The maximum Gasteiger partial charge on any atom is 0.306 e. The number of nitrogens with one attached hydrogen (secondary N) is 1. The first kappa shape index (κ1) is 14.2. The van der Waals surface area contributed by atoms with Gasteiger partial charge in [-0.25, -0.2) is 4.39 Å². The van der Waals surface area contributed by atoms with Crippen LogP contribution in [0.5, 0.6) is 0 Å². The van der Waals surface area contributed by atoms with E-state index in [0.29, 0.717) is 11.3 Å². The van der Waals surface area contributed by atoms with Crippen molar-refractivity contribution < 1.29 is 13.7 Å². The standard InChI is InChI=1S/C13H9ClF2N2O2/c14-11-5-9(15)2-1-8(11)7-17-10-3-4-12(16)13(6-10)18(19)20/h1-6,17H,7H2. The smallest absolute Gasteiger partial charge is 0.306 e. The predicted octanol–water partition coefficient (Wildman–Crippen LogP) is 4.14. The molecule has 7 heteroatoms. The van der Waals surface area contributed by atoms with Gasteiger partial charge in [-0.05, 0) is 29.8 Å². The van der Waals surface area contributed by atoms with Crippen LogP contribution in [0, 0.1) is 21.7 Å². The molecule has 0 atom stereocenters. The van der Waals surface area contributed by atoms with Crippen LogP contribution in [0.3, 0.4) is 0 Å². The molecule has 1 N–H and O–H groups in total. The fourth-order valence-corrected chi connectivity index (χ4v) is 1.86. The van der Waals surface area contributed by atoms with Gasteiger partial charge in [0.25, 0.3) is 0 Å². The normalized spacial score (nSPS) is 10.3. The fourth-order valence-electron chi connectivity index (χ4n) is 1.62. The summed E-state index contributed by atoms with van der Waals surface area (Å²) in [5.74, 6) is -1.35. The lowest BCUT2D eigenvalue weighted by atomic mass is 10.2. The molecule has 2 aromatic rings. The third-order valence-electron chi connectivity index (χ3n) is 2.64. The number of rotatable bonds is 4. The van der Waals surface area contributed by atoms with E-state index < -0.39 is 22.2 Å². The van der Waals surface area contributed by atoms with Gasteiger partial charge in [0.05, 0.1) is 4.92 Å². The van der Waals surface area contributed by atoms with Gasteiger partial charge < -0.3 is 5.32 Å². The van der Waals surface area contributed by atoms with Crippen molar-refractivity contribution in [3.8, 4) is 0 Å². The second kappa shape index (κ2) is 5.83. The minimum Gasteiger partial charge on any atom is -0.381 e. The number of nitrogens with zero attached hydrogens (tertiary/aromatic N) is 1. The van der Waals surface area contributed by atoms with Crippen molar-refractivity contribution in [1.82, 2.24) is 0 Å². The lowest BCUT2D eigenvalue weighted by molar-refractivity contribution is -0.387. The first-order chi connectivity index (χ1) is 9.47. The Labute approximate surface area is 118 Å². The molecule has 104 valence electrons. The number of hydrogen-bond donors (Lipinski definition) is 1. The Kier molecular flexibility index (Phi) is 4.14. The van der Waals surface area contributed by atoms with E-state index >= 15 is 0 Å². The maximum absolute atomic E-state index is 13.2. The molecule has 0 aliphatic rings. The van der Waals surface area contributed by atoms with E-state index in [9.17, 15) is 18.9 Å². The zero-order valence-corrected chi connectivity index (χ0v) is 10.8. The SMILES string of the molecule is O=[N+]([O-])c1cc(NCc2ccc(F)cc2Cl)ccc1F. The van der Waals surface area contributed by atoms with Crippen LogP contribution in [0.4, 0.5) is 20.2 Å². The number of halogens is 3. The minimum atomic E-state index is -0.902. The molecular formula is C13H9ClF2N2O2. The summed E-state index contributed by atoms with van der Waals surface area (Å²) >= 11 is 5.85. The van der Waals surface area contributed by atoms with Crippen LogP contribution in [0.25, 0.3) is 0 Å². The molecule has 0 saturated heterocycles. The number of nitro benzene ring substituents is 1. The molecule has 0 aliphatic carbocycles. The zero-order chi connectivity index (χ0) is 14.7. The molecule has 0 saturated carbocycles. The molecule has 0 spiro atoms. The lowest BCUT2D eigenvalue weighted by Gasteiger charge is -2.08. The zero-order valence-electron chi connectivity index (χ0n) is 10.1. The fraction of sp³-hybridized carbons (Fsp3) is 0.0769. The number of hydrogen-bond acceptors (Lipinski definition) is 3. The monoisotopic (exact) mass is 298 g/mol. The Morgan fingerprint density at radius 1 is 1.20 bits per heavy atom. The predicted molar refractivity (Wildman–Crippen MR) is 71.8 cm³/mol. The summed E-state index contributed by atoms with van der Waals surface area (Å²) in [5, 5.41) is 13.7. The highest BCUT2D eigenvalue weighted by atomic mass is 35.5. The number of nitro groups is 1. The Bertz CT molecular complexity index is 665. The molecule has 0 radical (unpaired) electrons. The van der Waals surface area contributed by atoms with E-state index in [4.69, 9.17) is 11.6 Å². The highest BCUT2D eigenvalue weighted by Crippen LogP contribution is 2.23. The molecule has 2 rings (SSSR count). The molecule has 0 aromatic heterocycles. The van der Waals surface area contributed by atoms with Gasteiger partial charge in [-0.2, -0.15) is 4.39 Å². The molecule has 0 fully saturated rings. The molecule has 0 heterocycles. The van der Waals surface area contributed by atoms with E-state index in [1.807, 2.05) is 0 Å². The summed E-state index contributed by atoms with van der Waals surface area (Å²) in [6.45, 7) is 0.238. The van der Waals surface area contributed by atoms with Crippen LogP contribution in [0.15, 0.2) is 36.4 Å². The molecule has 0 bridgehead atoms. The Morgan fingerprint density at radius 2 is 1.95 bits per heavy atom. The van der Waals surface area contributed by atoms with Crippen LogP contribution in [-0.2, 0) is 6.54 Å². The van der Waals surface area contributed by atoms with Gasteiger partial charge in [0, 0.05) is 23.3 Å². The van der Waals surface area contributed by atoms with Crippen LogP contribution in [-0.4, -0.2) is 4.92 Å². The van der Waals surface area contributed by atoms with Crippen molar-refractivity contribution in [2.24, 2.45) is 0 Å². The molecule has 20 heavy (non-hydrogen) atoms. The number of benzene rings is 2. The van der Waals surface area contributed by atoms with Crippen molar-refractivity contribution in [1.29, 1.82) is 0 Å². The Hall–Kier alpha value is -2.21. The van der Waals surface area contributed by atoms with Crippen LogP contribution >= 0.6 is 11.6 Å². The summed E-state index contributed by atoms with van der Waals surface area (Å²) in [5.41, 5.74) is 0.388. The maximum atomic E-state index is 13.2. The highest BCUT2D eigenvalue weighted by Gasteiger charge is 2.14. The minimum absolute atomic E-state index is 0.238. The molecule has 0 amide bonds. The molecule has 4 nitrogen and oxygen atoms in total. The second-order valence-electron chi connectivity index (χ2n) is 4.01. The van der Waals surface area contributed by atoms with Crippen LogP contribution < -0.4 is 5.32 Å². The molecule has 0 aliphatic heterocycles. The van der Waals surface area contributed by atoms with Crippen LogP contribution in [0.2, 0.25) is 5.02 Å². The molecule has 2 aromatic carbocycles. The Balaban J connectivity index is 2.15. The van der Waals surface area contributed by atoms with E-state index in [2.05, 4.69) is 5.32 Å². The first-order valence-electron chi connectivity index (χ1n) is 5.59. The van der Waals surface area contributed by atoms with Gasteiger partial charge in [-0.3, -0.25) is 10.1 Å². The van der Waals surface area contributed by atoms with E-state index in [-0.39, 0.29) is 11.6 Å². The van der Waals surface area contributed by atoms with Gasteiger partial charge in [-0.1, -0.05) is 17.7 Å². The van der Waals surface area contributed by atoms with E-state index in [1.165, 1.54) is 24.3 Å². The van der Waals surface area contributed by atoms with Crippen molar-refractivity contribution in [3.63, 3.8) is 0 Å². The summed E-state index contributed by atoms with van der Waals surface area (Å²) in [4.78, 5) is 9.81. The third-order valence-corrected chi connectivity index (χ3v) is 2.99. The summed E-state index contributed by atoms with van der Waals surface area (Å²) in [6, 6.07) is 7.41. The topological polar surface area (TPSA) is 55.2 Å². The summed E-state index contributed by atoms with van der Waals surface area (Å²) in [6.07, 6.45) is 0. The van der Waals surface area contributed by atoms with E-state index in [0.717, 1.165) is 12.1 Å². The average Bonchev–Trinajstić information content (AvgIpc) is 2.39. The third kappa shape index (κ3) is 3.21. The number of anilines is 1. The first-order valence-corrected chi connectivity index (χ1v) is 5.97. The van der Waals surface area contributed by atoms with Gasteiger partial charge in [0.1, 0.15) is 5.82 Å².